The predicted molar refractivity (Wildman–Crippen MR) is 48.2 cm³/mol. The van der Waals surface area contributed by atoms with Crippen molar-refractivity contribution in [2.75, 3.05) is 19.8 Å². The summed E-state index contributed by atoms with van der Waals surface area (Å²) in [6, 6.07) is 0. The van der Waals surface area contributed by atoms with Crippen LogP contribution in [-0.4, -0.2) is 36.6 Å². The molecule has 0 bridgehead atoms. The van der Waals surface area contributed by atoms with Crippen molar-refractivity contribution in [1.29, 1.82) is 0 Å². The summed E-state index contributed by atoms with van der Waals surface area (Å²) in [4.78, 5) is 0. The van der Waals surface area contributed by atoms with Crippen molar-refractivity contribution in [2.24, 2.45) is 0 Å². The van der Waals surface area contributed by atoms with Crippen molar-refractivity contribution in [2.45, 2.75) is 39.4 Å². The van der Waals surface area contributed by atoms with Crippen LogP contribution in [0.15, 0.2) is 0 Å². The molecule has 0 amide bonds. The zero-order valence-electron chi connectivity index (χ0n) is 8.46. The second-order valence-corrected chi connectivity index (χ2v) is 3.56. The highest BCUT2D eigenvalue weighted by molar-refractivity contribution is 4.67. The van der Waals surface area contributed by atoms with E-state index < -0.39 is 6.10 Å². The van der Waals surface area contributed by atoms with Gasteiger partial charge in [0.25, 0.3) is 0 Å². The molecule has 0 rings (SSSR count). The van der Waals surface area contributed by atoms with Crippen molar-refractivity contribution >= 4 is 0 Å². The minimum Gasteiger partial charge on any atom is -0.391 e. The minimum absolute atomic E-state index is 0.299. The first-order valence-electron chi connectivity index (χ1n) is 4.37. The Kier molecular flexibility index (Phi) is 5.46. The molecule has 0 aromatic carbocycles. The molecule has 1 atom stereocenters. The molecule has 3 nitrogen and oxygen atoms in total. The molecule has 0 spiro atoms. The summed E-state index contributed by atoms with van der Waals surface area (Å²) in [5.74, 6) is 0. The van der Waals surface area contributed by atoms with Crippen LogP contribution in [0.2, 0.25) is 0 Å². The molecule has 0 aromatic rings. The second-order valence-electron chi connectivity index (χ2n) is 3.56. The summed E-state index contributed by atoms with van der Waals surface area (Å²) in [5, 5.41) is 8.98. The van der Waals surface area contributed by atoms with Crippen molar-refractivity contribution in [3.63, 3.8) is 0 Å². The van der Waals surface area contributed by atoms with Crippen molar-refractivity contribution in [3.05, 3.63) is 0 Å². The van der Waals surface area contributed by atoms with E-state index in [2.05, 4.69) is 0 Å². The molecule has 0 saturated heterocycles. The fourth-order valence-electron chi connectivity index (χ4n) is 0.736. The van der Waals surface area contributed by atoms with Crippen LogP contribution in [0, 0.1) is 0 Å². The van der Waals surface area contributed by atoms with Crippen molar-refractivity contribution in [1.82, 2.24) is 0 Å². The van der Waals surface area contributed by atoms with E-state index >= 15 is 0 Å². The largest absolute Gasteiger partial charge is 0.391 e. The summed E-state index contributed by atoms with van der Waals surface area (Å²) >= 11 is 0. The van der Waals surface area contributed by atoms with E-state index in [0.717, 1.165) is 0 Å². The monoisotopic (exact) mass is 176 g/mol. The maximum absolute atomic E-state index is 8.98. The van der Waals surface area contributed by atoms with Gasteiger partial charge in [-0.15, -0.1) is 0 Å². The number of hydrogen-bond acceptors (Lipinski definition) is 3. The third-order valence-corrected chi connectivity index (χ3v) is 1.37. The zero-order chi connectivity index (χ0) is 9.61. The van der Waals surface area contributed by atoms with Gasteiger partial charge in [0.05, 0.1) is 24.9 Å². The Morgan fingerprint density at radius 1 is 1.42 bits per heavy atom. The average molecular weight is 176 g/mol. The molecular weight excluding hydrogens is 156 g/mol. The molecule has 0 aliphatic heterocycles. The summed E-state index contributed by atoms with van der Waals surface area (Å²) in [7, 11) is 0. The number of ether oxygens (including phenoxy) is 2. The normalized spacial score (nSPS) is 14.8. The minimum atomic E-state index is -0.411. The predicted octanol–water partition coefficient (Wildman–Crippen LogP) is 1.20. The number of aliphatic hydroxyl groups is 1. The SMILES string of the molecule is CCOCC(C)(C)OCC(C)O. The average Bonchev–Trinajstić information content (AvgIpc) is 1.98. The van der Waals surface area contributed by atoms with Crippen LogP contribution in [0.25, 0.3) is 0 Å². The lowest BCUT2D eigenvalue weighted by atomic mass is 10.1. The quantitative estimate of drug-likeness (QED) is 0.661. The Balaban J connectivity index is 3.56. The fraction of sp³-hybridized carbons (Fsp3) is 1.00. The number of rotatable bonds is 6. The Morgan fingerprint density at radius 2 is 2.00 bits per heavy atom. The van der Waals surface area contributed by atoms with E-state index in [4.69, 9.17) is 14.6 Å². The first-order chi connectivity index (χ1) is 5.48. The van der Waals surface area contributed by atoms with E-state index in [0.29, 0.717) is 19.8 Å². The van der Waals surface area contributed by atoms with E-state index in [-0.39, 0.29) is 5.60 Å². The van der Waals surface area contributed by atoms with Crippen LogP contribution in [-0.2, 0) is 9.47 Å². The molecular formula is C9H20O3. The van der Waals surface area contributed by atoms with E-state index in [1.807, 2.05) is 20.8 Å². The highest BCUT2D eigenvalue weighted by Crippen LogP contribution is 2.09. The van der Waals surface area contributed by atoms with Gasteiger partial charge in [-0.25, -0.2) is 0 Å². The van der Waals surface area contributed by atoms with E-state index in [1.165, 1.54) is 0 Å². The third kappa shape index (κ3) is 6.58. The van der Waals surface area contributed by atoms with Gasteiger partial charge in [-0.3, -0.25) is 0 Å². The first kappa shape index (κ1) is 11.9. The van der Waals surface area contributed by atoms with Crippen molar-refractivity contribution in [3.8, 4) is 0 Å². The summed E-state index contributed by atoms with van der Waals surface area (Å²) < 4.78 is 10.6. The van der Waals surface area contributed by atoms with Crippen LogP contribution < -0.4 is 0 Å². The van der Waals surface area contributed by atoms with Gasteiger partial charge >= 0.3 is 0 Å². The molecule has 0 radical (unpaired) electrons. The molecule has 1 N–H and O–H groups in total. The van der Waals surface area contributed by atoms with Gasteiger partial charge < -0.3 is 14.6 Å². The molecule has 74 valence electrons. The number of aliphatic hydroxyl groups excluding tert-OH is 1. The molecule has 0 aliphatic carbocycles. The Morgan fingerprint density at radius 3 is 2.42 bits per heavy atom. The lowest BCUT2D eigenvalue weighted by molar-refractivity contribution is -0.0947. The molecule has 1 unspecified atom stereocenters. The Bertz CT molecular complexity index is 110. The Hall–Kier alpha value is -0.120. The van der Waals surface area contributed by atoms with Gasteiger partial charge in [0.1, 0.15) is 0 Å². The molecule has 0 saturated carbocycles. The molecule has 0 aliphatic rings. The first-order valence-corrected chi connectivity index (χ1v) is 4.37. The third-order valence-electron chi connectivity index (χ3n) is 1.37. The molecule has 0 aromatic heterocycles. The second kappa shape index (κ2) is 5.51. The highest BCUT2D eigenvalue weighted by atomic mass is 16.5. The summed E-state index contributed by atoms with van der Waals surface area (Å²) in [6.45, 7) is 9.18. The standard InChI is InChI=1S/C9H20O3/c1-5-11-7-9(3,4)12-6-8(2)10/h8,10H,5-7H2,1-4H3. The maximum Gasteiger partial charge on any atom is 0.0860 e. The fourth-order valence-corrected chi connectivity index (χ4v) is 0.736. The molecule has 0 heterocycles. The zero-order valence-corrected chi connectivity index (χ0v) is 8.46. The smallest absolute Gasteiger partial charge is 0.0860 e. The lowest BCUT2D eigenvalue weighted by Gasteiger charge is -2.25. The van der Waals surface area contributed by atoms with Gasteiger partial charge in [-0.1, -0.05) is 0 Å². The van der Waals surface area contributed by atoms with Crippen LogP contribution in [0.4, 0.5) is 0 Å². The van der Waals surface area contributed by atoms with E-state index in [9.17, 15) is 0 Å². The van der Waals surface area contributed by atoms with Gasteiger partial charge in [0.15, 0.2) is 0 Å². The van der Waals surface area contributed by atoms with Crippen LogP contribution in [0.3, 0.4) is 0 Å². The van der Waals surface area contributed by atoms with Crippen molar-refractivity contribution < 1.29 is 14.6 Å². The van der Waals surface area contributed by atoms with Gasteiger partial charge in [0.2, 0.25) is 0 Å². The van der Waals surface area contributed by atoms with Crippen LogP contribution in [0.5, 0.6) is 0 Å². The number of hydrogen-bond donors (Lipinski definition) is 1. The van der Waals surface area contributed by atoms with Gasteiger partial charge in [-0.2, -0.15) is 0 Å². The van der Waals surface area contributed by atoms with Crippen LogP contribution in [0.1, 0.15) is 27.7 Å². The van der Waals surface area contributed by atoms with E-state index in [1.54, 1.807) is 6.92 Å². The summed E-state index contributed by atoms with van der Waals surface area (Å²) in [6.07, 6.45) is -0.411. The summed E-state index contributed by atoms with van der Waals surface area (Å²) in [5.41, 5.74) is -0.299. The Labute approximate surface area is 74.7 Å². The lowest BCUT2D eigenvalue weighted by Crippen LogP contribution is -2.33. The highest BCUT2D eigenvalue weighted by Gasteiger charge is 2.18. The van der Waals surface area contributed by atoms with Crippen LogP contribution >= 0.6 is 0 Å². The van der Waals surface area contributed by atoms with Gasteiger partial charge in [0, 0.05) is 6.61 Å². The molecule has 0 fully saturated rings. The molecule has 12 heavy (non-hydrogen) atoms. The maximum atomic E-state index is 8.98. The van der Waals surface area contributed by atoms with Gasteiger partial charge in [-0.05, 0) is 27.7 Å². The topological polar surface area (TPSA) is 38.7 Å². The molecule has 3 heteroatoms.